The summed E-state index contributed by atoms with van der Waals surface area (Å²) in [4.78, 5) is 11.4. The van der Waals surface area contributed by atoms with Crippen LogP contribution < -0.4 is 4.72 Å². The van der Waals surface area contributed by atoms with Crippen molar-refractivity contribution in [1.82, 2.24) is 9.03 Å². The molecule has 1 aromatic carbocycles. The van der Waals surface area contributed by atoms with Gasteiger partial charge in [0.2, 0.25) is 0 Å². The predicted octanol–water partition coefficient (Wildman–Crippen LogP) is 1.06. The summed E-state index contributed by atoms with van der Waals surface area (Å²) >= 11 is 0. The van der Waals surface area contributed by atoms with Gasteiger partial charge in [0, 0.05) is 13.6 Å². The van der Waals surface area contributed by atoms with Crippen molar-refractivity contribution in [2.45, 2.75) is 26.4 Å². The van der Waals surface area contributed by atoms with E-state index in [1.54, 1.807) is 38.1 Å². The zero-order valence-corrected chi connectivity index (χ0v) is 12.6. The van der Waals surface area contributed by atoms with Crippen LogP contribution in [0, 0.1) is 5.92 Å². The number of nitrogens with zero attached hydrogens (tertiary/aromatic N) is 1. The molecule has 20 heavy (non-hydrogen) atoms. The maximum absolute atomic E-state index is 12.1. The van der Waals surface area contributed by atoms with Crippen molar-refractivity contribution in [3.8, 4) is 0 Å². The monoisotopic (exact) mass is 300 g/mol. The van der Waals surface area contributed by atoms with Crippen molar-refractivity contribution in [3.05, 3.63) is 35.9 Å². The Morgan fingerprint density at radius 3 is 2.25 bits per heavy atom. The van der Waals surface area contributed by atoms with Gasteiger partial charge in [-0.2, -0.15) is 12.7 Å². The van der Waals surface area contributed by atoms with Crippen LogP contribution in [0.5, 0.6) is 0 Å². The fourth-order valence-electron chi connectivity index (χ4n) is 1.95. The largest absolute Gasteiger partial charge is 0.480 e. The topological polar surface area (TPSA) is 86.7 Å². The van der Waals surface area contributed by atoms with E-state index in [-0.39, 0.29) is 12.5 Å². The third kappa shape index (κ3) is 4.03. The van der Waals surface area contributed by atoms with Gasteiger partial charge in [-0.1, -0.05) is 44.2 Å². The molecule has 0 saturated carbocycles. The zero-order chi connectivity index (χ0) is 15.3. The Morgan fingerprint density at radius 2 is 1.85 bits per heavy atom. The number of benzene rings is 1. The van der Waals surface area contributed by atoms with Gasteiger partial charge in [-0.05, 0) is 11.5 Å². The van der Waals surface area contributed by atoms with Crippen LogP contribution in [0.15, 0.2) is 30.3 Å². The molecule has 7 heteroatoms. The van der Waals surface area contributed by atoms with E-state index in [2.05, 4.69) is 4.72 Å². The van der Waals surface area contributed by atoms with E-state index in [1.165, 1.54) is 7.05 Å². The molecule has 0 spiro atoms. The number of hydrogen-bond acceptors (Lipinski definition) is 3. The van der Waals surface area contributed by atoms with Gasteiger partial charge < -0.3 is 5.11 Å². The van der Waals surface area contributed by atoms with Crippen LogP contribution in [0.25, 0.3) is 0 Å². The SMILES string of the molecule is CNS(=O)(=O)N(Cc1ccccc1)C(C(=O)O)C(C)C. The lowest BCUT2D eigenvalue weighted by Crippen LogP contribution is -2.50. The van der Waals surface area contributed by atoms with E-state index in [9.17, 15) is 18.3 Å². The summed E-state index contributed by atoms with van der Waals surface area (Å²) in [6.07, 6.45) is 0. The molecule has 0 heterocycles. The first-order chi connectivity index (χ1) is 9.29. The number of nitrogens with one attached hydrogen (secondary N) is 1. The van der Waals surface area contributed by atoms with Crippen LogP contribution in [0.4, 0.5) is 0 Å². The van der Waals surface area contributed by atoms with Crippen molar-refractivity contribution in [2.75, 3.05) is 7.05 Å². The molecule has 1 unspecified atom stereocenters. The van der Waals surface area contributed by atoms with Crippen molar-refractivity contribution < 1.29 is 18.3 Å². The fourth-order valence-corrected chi connectivity index (χ4v) is 3.14. The minimum atomic E-state index is -3.85. The van der Waals surface area contributed by atoms with Crippen molar-refractivity contribution in [1.29, 1.82) is 0 Å². The summed E-state index contributed by atoms with van der Waals surface area (Å²) in [6.45, 7) is 3.38. The van der Waals surface area contributed by atoms with Gasteiger partial charge in [-0.15, -0.1) is 0 Å². The summed E-state index contributed by atoms with van der Waals surface area (Å²) in [5.74, 6) is -1.51. The van der Waals surface area contributed by atoms with E-state index in [1.807, 2.05) is 6.07 Å². The van der Waals surface area contributed by atoms with Crippen LogP contribution in [0.3, 0.4) is 0 Å². The predicted molar refractivity (Wildman–Crippen MR) is 76.2 cm³/mol. The van der Waals surface area contributed by atoms with Crippen molar-refractivity contribution >= 4 is 16.2 Å². The highest BCUT2D eigenvalue weighted by Crippen LogP contribution is 2.18. The molecule has 0 aromatic heterocycles. The summed E-state index contributed by atoms with van der Waals surface area (Å²) in [5, 5.41) is 9.32. The Bertz CT molecular complexity index is 543. The average molecular weight is 300 g/mol. The second-order valence-electron chi connectivity index (χ2n) is 4.77. The van der Waals surface area contributed by atoms with Crippen molar-refractivity contribution in [2.24, 2.45) is 5.92 Å². The number of carboxylic acids is 1. The lowest BCUT2D eigenvalue weighted by molar-refractivity contribution is -0.143. The molecule has 0 aliphatic heterocycles. The highest BCUT2D eigenvalue weighted by molar-refractivity contribution is 7.87. The Hall–Kier alpha value is -1.44. The molecule has 0 aliphatic carbocycles. The van der Waals surface area contributed by atoms with Gasteiger partial charge in [0.25, 0.3) is 10.2 Å². The Morgan fingerprint density at radius 1 is 1.30 bits per heavy atom. The summed E-state index contributed by atoms with van der Waals surface area (Å²) in [6, 6.07) is 7.79. The second kappa shape index (κ2) is 6.83. The molecule has 0 bridgehead atoms. The molecular formula is C13H20N2O4S. The first-order valence-electron chi connectivity index (χ1n) is 6.26. The zero-order valence-electron chi connectivity index (χ0n) is 11.8. The van der Waals surface area contributed by atoms with Crippen LogP contribution in [-0.2, 0) is 21.5 Å². The minimum absolute atomic E-state index is 0.0131. The summed E-state index contributed by atoms with van der Waals surface area (Å²) in [5.41, 5.74) is 0.734. The minimum Gasteiger partial charge on any atom is -0.480 e. The van der Waals surface area contributed by atoms with E-state index in [0.717, 1.165) is 9.87 Å². The first kappa shape index (κ1) is 16.6. The molecule has 0 saturated heterocycles. The third-order valence-electron chi connectivity index (χ3n) is 2.94. The standard InChI is InChI=1S/C13H20N2O4S/c1-10(2)12(13(16)17)15(20(18,19)14-3)9-11-7-5-4-6-8-11/h4-8,10,12,14H,9H2,1-3H3,(H,16,17). The smallest absolute Gasteiger partial charge is 0.322 e. The lowest BCUT2D eigenvalue weighted by atomic mass is 10.0. The second-order valence-corrected chi connectivity index (χ2v) is 6.59. The van der Waals surface area contributed by atoms with Gasteiger partial charge >= 0.3 is 5.97 Å². The maximum Gasteiger partial charge on any atom is 0.322 e. The number of carboxylic acid groups (broad SMARTS) is 1. The summed E-state index contributed by atoms with van der Waals surface area (Å²) < 4.78 is 27.4. The van der Waals surface area contributed by atoms with Crippen LogP contribution in [-0.4, -0.2) is 36.9 Å². The number of carbonyl (C=O) groups is 1. The van der Waals surface area contributed by atoms with Crippen molar-refractivity contribution in [3.63, 3.8) is 0 Å². The van der Waals surface area contributed by atoms with Crippen LogP contribution >= 0.6 is 0 Å². The molecule has 112 valence electrons. The molecular weight excluding hydrogens is 280 g/mol. The lowest BCUT2D eigenvalue weighted by Gasteiger charge is -2.30. The van der Waals surface area contributed by atoms with E-state index < -0.39 is 22.2 Å². The van der Waals surface area contributed by atoms with Gasteiger partial charge in [0.15, 0.2) is 0 Å². The van der Waals surface area contributed by atoms with E-state index in [0.29, 0.717) is 0 Å². The van der Waals surface area contributed by atoms with Gasteiger partial charge in [-0.3, -0.25) is 4.79 Å². The molecule has 0 radical (unpaired) electrons. The van der Waals surface area contributed by atoms with Gasteiger partial charge in [0.05, 0.1) is 0 Å². The van der Waals surface area contributed by atoms with Crippen LogP contribution in [0.2, 0.25) is 0 Å². The van der Waals surface area contributed by atoms with E-state index in [4.69, 9.17) is 0 Å². The molecule has 6 nitrogen and oxygen atoms in total. The molecule has 1 atom stereocenters. The molecule has 0 amide bonds. The fraction of sp³-hybridized carbons (Fsp3) is 0.462. The Kier molecular flexibility index (Phi) is 5.67. The van der Waals surface area contributed by atoms with Crippen LogP contribution in [0.1, 0.15) is 19.4 Å². The highest BCUT2D eigenvalue weighted by atomic mass is 32.2. The molecule has 1 aromatic rings. The quantitative estimate of drug-likeness (QED) is 0.788. The molecule has 0 fully saturated rings. The van der Waals surface area contributed by atoms with Gasteiger partial charge in [-0.25, -0.2) is 4.72 Å². The van der Waals surface area contributed by atoms with Gasteiger partial charge in [0.1, 0.15) is 6.04 Å². The number of hydrogen-bond donors (Lipinski definition) is 2. The average Bonchev–Trinajstić information content (AvgIpc) is 2.38. The molecule has 2 N–H and O–H groups in total. The molecule has 1 rings (SSSR count). The van der Waals surface area contributed by atoms with E-state index >= 15 is 0 Å². The number of aliphatic carboxylic acids is 1. The maximum atomic E-state index is 12.1. The molecule has 0 aliphatic rings. The Labute approximate surface area is 119 Å². The summed E-state index contributed by atoms with van der Waals surface area (Å²) in [7, 11) is -2.57. The first-order valence-corrected chi connectivity index (χ1v) is 7.70. The highest BCUT2D eigenvalue weighted by Gasteiger charge is 2.36. The normalized spacial score (nSPS) is 13.7. The Balaban J connectivity index is 3.18. The number of rotatable bonds is 7. The third-order valence-corrected chi connectivity index (χ3v) is 4.43.